The van der Waals surface area contributed by atoms with Gasteiger partial charge in [-0.1, -0.05) is 18.2 Å². The standard InChI is InChI=1S/C19H17N5OS/c1-12-5-3-4-6-17(12)24(2)19(25)21-13-7-8-14-15(9-13)23-18(22-14)16-10-26-11-20-16/h3-11H,1-2H3,(H,21,25)(H,22,23)/p+1. The molecule has 130 valence electrons. The van der Waals surface area contributed by atoms with Gasteiger partial charge in [-0.05, 0) is 30.7 Å². The minimum Gasteiger partial charge on any atom is -0.307 e. The van der Waals surface area contributed by atoms with E-state index in [0.717, 1.165) is 39.5 Å². The van der Waals surface area contributed by atoms with E-state index in [0.29, 0.717) is 0 Å². The molecule has 2 aromatic carbocycles. The first-order valence-corrected chi connectivity index (χ1v) is 9.10. The number of amides is 2. The van der Waals surface area contributed by atoms with Crippen molar-refractivity contribution < 1.29 is 9.78 Å². The summed E-state index contributed by atoms with van der Waals surface area (Å²) < 4.78 is 0. The number of carbonyl (C=O) groups is 1. The number of imidazole rings is 1. The average Bonchev–Trinajstić information content (AvgIpc) is 3.30. The Bertz CT molecular complexity index is 1070. The van der Waals surface area contributed by atoms with Crippen molar-refractivity contribution in [3.63, 3.8) is 0 Å². The Morgan fingerprint density at radius 3 is 2.88 bits per heavy atom. The topological polar surface area (TPSA) is 75.2 Å². The second-order valence-corrected chi connectivity index (χ2v) is 6.75. The smallest absolute Gasteiger partial charge is 0.307 e. The highest BCUT2D eigenvalue weighted by Gasteiger charge is 2.16. The van der Waals surface area contributed by atoms with Crippen molar-refractivity contribution in [2.75, 3.05) is 17.3 Å². The minimum absolute atomic E-state index is 0.186. The molecular formula is C19H18N5OS+. The molecule has 0 bridgehead atoms. The first-order valence-electron chi connectivity index (χ1n) is 8.16. The molecule has 6 nitrogen and oxygen atoms in total. The zero-order chi connectivity index (χ0) is 18.1. The molecule has 4 aromatic rings. The largest absolute Gasteiger partial charge is 0.326 e. The van der Waals surface area contributed by atoms with E-state index in [1.807, 2.05) is 54.8 Å². The van der Waals surface area contributed by atoms with E-state index in [-0.39, 0.29) is 6.03 Å². The number of nitrogens with zero attached hydrogens (tertiary/aromatic N) is 2. The molecule has 0 fully saturated rings. The Morgan fingerprint density at radius 1 is 1.27 bits per heavy atom. The Balaban J connectivity index is 1.57. The number of nitrogens with one attached hydrogen (secondary N) is 3. The Morgan fingerprint density at radius 2 is 2.12 bits per heavy atom. The SMILES string of the molecule is Cc1ccccc1N(C)C(=O)Nc1ccc2[nH+]c(-c3cscn3)[nH]c2c1. The van der Waals surface area contributed by atoms with Crippen molar-refractivity contribution in [3.05, 3.63) is 58.9 Å². The van der Waals surface area contributed by atoms with Crippen LogP contribution in [0.5, 0.6) is 0 Å². The molecule has 26 heavy (non-hydrogen) atoms. The first-order chi connectivity index (χ1) is 12.6. The fourth-order valence-electron chi connectivity index (χ4n) is 2.86. The van der Waals surface area contributed by atoms with Crippen molar-refractivity contribution in [1.82, 2.24) is 9.97 Å². The van der Waals surface area contributed by atoms with Gasteiger partial charge in [-0.3, -0.25) is 4.90 Å². The van der Waals surface area contributed by atoms with Crippen LogP contribution in [0.1, 0.15) is 5.56 Å². The summed E-state index contributed by atoms with van der Waals surface area (Å²) in [5.74, 6) is 0.849. The van der Waals surface area contributed by atoms with Gasteiger partial charge >= 0.3 is 11.9 Å². The molecule has 0 aliphatic carbocycles. The number of urea groups is 1. The Hall–Kier alpha value is -3.19. The molecule has 2 heterocycles. The maximum absolute atomic E-state index is 12.6. The van der Waals surface area contributed by atoms with Crippen molar-refractivity contribution in [1.29, 1.82) is 0 Å². The maximum atomic E-state index is 12.6. The zero-order valence-electron chi connectivity index (χ0n) is 14.4. The predicted molar refractivity (Wildman–Crippen MR) is 105 cm³/mol. The number of aryl methyl sites for hydroxylation is 1. The summed E-state index contributed by atoms with van der Waals surface area (Å²) in [6.45, 7) is 1.99. The Labute approximate surface area is 154 Å². The molecule has 2 aromatic heterocycles. The van der Waals surface area contributed by atoms with E-state index in [4.69, 9.17) is 0 Å². The molecule has 0 radical (unpaired) electrons. The lowest BCUT2D eigenvalue weighted by Gasteiger charge is -2.19. The number of H-pyrrole nitrogens is 2. The second kappa shape index (κ2) is 6.61. The second-order valence-electron chi connectivity index (χ2n) is 6.03. The normalized spacial score (nSPS) is 10.8. The van der Waals surface area contributed by atoms with E-state index < -0.39 is 0 Å². The van der Waals surface area contributed by atoms with Gasteiger partial charge in [0.15, 0.2) is 16.7 Å². The lowest BCUT2D eigenvalue weighted by atomic mass is 10.2. The maximum Gasteiger partial charge on any atom is 0.326 e. The highest BCUT2D eigenvalue weighted by molar-refractivity contribution is 7.07. The molecule has 7 heteroatoms. The number of hydrogen-bond acceptors (Lipinski definition) is 3. The van der Waals surface area contributed by atoms with Crippen LogP contribution in [0.25, 0.3) is 22.6 Å². The summed E-state index contributed by atoms with van der Waals surface area (Å²) in [6, 6.07) is 13.3. The fourth-order valence-corrected chi connectivity index (χ4v) is 3.40. The molecule has 0 saturated carbocycles. The van der Waals surface area contributed by atoms with Gasteiger partial charge in [-0.15, -0.1) is 11.3 Å². The van der Waals surface area contributed by atoms with Gasteiger partial charge in [0.05, 0.1) is 5.51 Å². The van der Waals surface area contributed by atoms with Crippen LogP contribution in [-0.2, 0) is 0 Å². The predicted octanol–water partition coefficient (Wildman–Crippen LogP) is 4.08. The average molecular weight is 364 g/mol. The summed E-state index contributed by atoms with van der Waals surface area (Å²) >= 11 is 1.54. The lowest BCUT2D eigenvalue weighted by Crippen LogP contribution is -2.31. The van der Waals surface area contributed by atoms with E-state index in [1.54, 1.807) is 28.8 Å². The molecular weight excluding hydrogens is 346 g/mol. The number of thiazole rings is 1. The van der Waals surface area contributed by atoms with Gasteiger partial charge in [0.25, 0.3) is 0 Å². The van der Waals surface area contributed by atoms with Gasteiger partial charge in [0.2, 0.25) is 0 Å². The highest BCUT2D eigenvalue weighted by atomic mass is 32.1. The third-order valence-corrected chi connectivity index (χ3v) is 4.85. The van der Waals surface area contributed by atoms with Crippen LogP contribution in [0.4, 0.5) is 16.2 Å². The summed E-state index contributed by atoms with van der Waals surface area (Å²) in [5, 5.41) is 4.92. The lowest BCUT2D eigenvalue weighted by molar-refractivity contribution is -0.330. The zero-order valence-corrected chi connectivity index (χ0v) is 15.2. The molecule has 0 atom stereocenters. The molecule has 0 saturated heterocycles. The van der Waals surface area contributed by atoms with Gasteiger partial charge in [0.1, 0.15) is 0 Å². The summed E-state index contributed by atoms with van der Waals surface area (Å²) in [7, 11) is 1.76. The summed E-state index contributed by atoms with van der Waals surface area (Å²) in [5.41, 5.74) is 7.18. The number of anilines is 2. The molecule has 4 rings (SSSR count). The van der Waals surface area contributed by atoms with E-state index in [2.05, 4.69) is 20.3 Å². The first kappa shape index (κ1) is 16.3. The van der Waals surface area contributed by atoms with Crippen LogP contribution in [0.15, 0.2) is 53.4 Å². The number of para-hydroxylation sites is 1. The molecule has 0 aliphatic heterocycles. The quantitative estimate of drug-likeness (QED) is 0.575. The van der Waals surface area contributed by atoms with Gasteiger partial charge in [0, 0.05) is 29.9 Å². The van der Waals surface area contributed by atoms with Gasteiger partial charge in [-0.2, -0.15) is 0 Å². The number of fused-ring (bicyclic) bond motifs is 1. The van der Waals surface area contributed by atoms with Crippen LogP contribution >= 0.6 is 11.3 Å². The van der Waals surface area contributed by atoms with E-state index in [1.165, 1.54) is 0 Å². The highest BCUT2D eigenvalue weighted by Crippen LogP contribution is 2.22. The molecule has 3 N–H and O–H groups in total. The Kier molecular flexibility index (Phi) is 4.14. The molecule has 0 aliphatic rings. The summed E-state index contributed by atoms with van der Waals surface area (Å²) in [6.07, 6.45) is 0. The number of aromatic amines is 2. The van der Waals surface area contributed by atoms with E-state index >= 15 is 0 Å². The van der Waals surface area contributed by atoms with Crippen molar-refractivity contribution in [3.8, 4) is 11.5 Å². The number of aromatic nitrogens is 3. The minimum atomic E-state index is -0.186. The van der Waals surface area contributed by atoms with Gasteiger partial charge < -0.3 is 5.32 Å². The van der Waals surface area contributed by atoms with Crippen LogP contribution < -0.4 is 15.2 Å². The van der Waals surface area contributed by atoms with Crippen LogP contribution in [0.2, 0.25) is 0 Å². The fraction of sp³-hybridized carbons (Fsp3) is 0.105. The van der Waals surface area contributed by atoms with E-state index in [9.17, 15) is 4.79 Å². The number of hydrogen-bond donors (Lipinski definition) is 2. The van der Waals surface area contributed by atoms with Crippen LogP contribution in [0, 0.1) is 6.92 Å². The van der Waals surface area contributed by atoms with Crippen LogP contribution in [-0.4, -0.2) is 23.0 Å². The van der Waals surface area contributed by atoms with Crippen molar-refractivity contribution in [2.24, 2.45) is 0 Å². The molecule has 0 unspecified atom stereocenters. The number of carbonyl (C=O) groups excluding carboxylic acids is 1. The van der Waals surface area contributed by atoms with Crippen LogP contribution in [0.3, 0.4) is 0 Å². The summed E-state index contributed by atoms with van der Waals surface area (Å²) in [4.78, 5) is 25.1. The monoisotopic (exact) mass is 364 g/mol. The third-order valence-electron chi connectivity index (χ3n) is 4.26. The van der Waals surface area contributed by atoms with Crippen molar-refractivity contribution in [2.45, 2.75) is 6.92 Å². The molecule has 0 spiro atoms. The van der Waals surface area contributed by atoms with Crippen molar-refractivity contribution >= 4 is 39.8 Å². The van der Waals surface area contributed by atoms with Gasteiger partial charge in [-0.25, -0.2) is 19.7 Å². The number of benzene rings is 2. The number of rotatable bonds is 3. The third kappa shape index (κ3) is 3.04. The molecule has 2 amide bonds.